The summed E-state index contributed by atoms with van der Waals surface area (Å²) in [4.78, 5) is 22.6. The molecule has 0 amide bonds. The zero-order valence-electron chi connectivity index (χ0n) is 11.5. The summed E-state index contributed by atoms with van der Waals surface area (Å²) in [5, 5.41) is 19.1. The van der Waals surface area contributed by atoms with Crippen molar-refractivity contribution in [2.45, 2.75) is 19.8 Å². The highest BCUT2D eigenvalue weighted by molar-refractivity contribution is 6.31. The van der Waals surface area contributed by atoms with Crippen LogP contribution in [0.2, 0.25) is 5.02 Å². The summed E-state index contributed by atoms with van der Waals surface area (Å²) in [6.07, 6.45) is 3.53. The van der Waals surface area contributed by atoms with Gasteiger partial charge in [-0.15, -0.1) is 0 Å². The Morgan fingerprint density at radius 1 is 1.29 bits per heavy atom. The molecule has 1 atom stereocenters. The molecule has 0 saturated carbocycles. The fraction of sp³-hybridized carbons (Fsp3) is 0.250. The molecular weight excluding hydrogens is 292 g/mol. The number of hydrogen-bond donors (Lipinski definition) is 2. The first-order valence-electron chi connectivity index (χ1n) is 6.44. The van der Waals surface area contributed by atoms with Crippen LogP contribution in [0.25, 0.3) is 0 Å². The molecular formula is C16H15ClO4. The highest BCUT2D eigenvalue weighted by Crippen LogP contribution is 2.35. The van der Waals surface area contributed by atoms with Crippen LogP contribution in [0, 0.1) is 5.41 Å². The monoisotopic (exact) mass is 306 g/mol. The van der Waals surface area contributed by atoms with Gasteiger partial charge in [-0.1, -0.05) is 35.9 Å². The third-order valence-corrected chi connectivity index (χ3v) is 3.91. The molecule has 1 aliphatic rings. The predicted octanol–water partition coefficient (Wildman–Crippen LogP) is 3.31. The number of hydrogen-bond acceptors (Lipinski definition) is 2. The summed E-state index contributed by atoms with van der Waals surface area (Å²) in [6.45, 7) is 1.53. The average Bonchev–Trinajstić information content (AvgIpc) is 2.40. The Morgan fingerprint density at radius 2 is 1.95 bits per heavy atom. The predicted molar refractivity (Wildman–Crippen MR) is 79.3 cm³/mol. The van der Waals surface area contributed by atoms with Gasteiger partial charge in [0.2, 0.25) is 0 Å². The van der Waals surface area contributed by atoms with E-state index in [1.807, 2.05) is 12.1 Å². The lowest BCUT2D eigenvalue weighted by molar-refractivity contribution is -0.145. The Labute approximate surface area is 127 Å². The molecule has 0 radical (unpaired) electrons. The summed E-state index contributed by atoms with van der Waals surface area (Å²) in [6, 6.07) is 7.23. The molecule has 21 heavy (non-hydrogen) atoms. The Balaban J connectivity index is 2.39. The minimum Gasteiger partial charge on any atom is -0.481 e. The lowest BCUT2D eigenvalue weighted by Crippen LogP contribution is -2.30. The van der Waals surface area contributed by atoms with Crippen LogP contribution in [-0.2, 0) is 16.0 Å². The SMILES string of the molecule is CC1(C(=O)O)C=C(Cc2ccccc2Cl)C=C(C(=O)O)C1. The van der Waals surface area contributed by atoms with Crippen LogP contribution >= 0.6 is 11.6 Å². The van der Waals surface area contributed by atoms with Crippen molar-refractivity contribution in [3.05, 3.63) is 58.1 Å². The van der Waals surface area contributed by atoms with Crippen molar-refractivity contribution in [2.24, 2.45) is 5.41 Å². The molecule has 0 saturated heterocycles. The molecule has 5 heteroatoms. The van der Waals surface area contributed by atoms with Gasteiger partial charge in [-0.3, -0.25) is 4.79 Å². The molecule has 1 aromatic carbocycles. The molecule has 2 rings (SSSR count). The van der Waals surface area contributed by atoms with Crippen LogP contribution in [0.1, 0.15) is 18.9 Å². The number of carboxylic acid groups (broad SMARTS) is 2. The van der Waals surface area contributed by atoms with Crippen LogP contribution in [0.15, 0.2) is 47.6 Å². The smallest absolute Gasteiger partial charge is 0.331 e. The van der Waals surface area contributed by atoms with Crippen molar-refractivity contribution in [2.75, 3.05) is 0 Å². The summed E-state index contributed by atoms with van der Waals surface area (Å²) in [5.74, 6) is -2.13. The molecule has 1 aromatic rings. The van der Waals surface area contributed by atoms with E-state index in [0.717, 1.165) is 5.56 Å². The average molecular weight is 307 g/mol. The van der Waals surface area contributed by atoms with E-state index < -0.39 is 17.4 Å². The van der Waals surface area contributed by atoms with Crippen molar-refractivity contribution in [3.8, 4) is 0 Å². The minimum absolute atomic E-state index is 0.0241. The van der Waals surface area contributed by atoms with Crippen molar-refractivity contribution < 1.29 is 19.8 Å². The van der Waals surface area contributed by atoms with E-state index in [9.17, 15) is 19.8 Å². The van der Waals surface area contributed by atoms with E-state index in [2.05, 4.69) is 0 Å². The van der Waals surface area contributed by atoms with E-state index in [4.69, 9.17) is 11.6 Å². The second kappa shape index (κ2) is 5.74. The van der Waals surface area contributed by atoms with Crippen LogP contribution in [-0.4, -0.2) is 22.2 Å². The molecule has 0 aromatic heterocycles. The Morgan fingerprint density at radius 3 is 2.52 bits per heavy atom. The molecule has 4 nitrogen and oxygen atoms in total. The van der Waals surface area contributed by atoms with Gasteiger partial charge in [0, 0.05) is 10.6 Å². The standard InChI is InChI=1S/C16H15ClO4/c1-16(15(20)21)8-10(7-12(9-16)14(18)19)6-11-4-2-3-5-13(11)17/h2-5,7-8H,6,9H2,1H3,(H,18,19)(H,20,21). The van der Waals surface area contributed by atoms with Gasteiger partial charge in [-0.25, -0.2) is 4.79 Å². The quantitative estimate of drug-likeness (QED) is 0.895. The molecule has 0 bridgehead atoms. The summed E-state index contributed by atoms with van der Waals surface area (Å²) >= 11 is 6.10. The normalized spacial score (nSPS) is 21.4. The van der Waals surface area contributed by atoms with E-state index in [0.29, 0.717) is 17.0 Å². The fourth-order valence-electron chi connectivity index (χ4n) is 2.41. The Hall–Kier alpha value is -2.07. The van der Waals surface area contributed by atoms with Gasteiger partial charge in [0.05, 0.1) is 5.41 Å². The zero-order chi connectivity index (χ0) is 15.6. The summed E-state index contributed by atoms with van der Waals surface area (Å²) < 4.78 is 0. The topological polar surface area (TPSA) is 74.6 Å². The number of rotatable bonds is 4. The molecule has 0 spiro atoms. The number of halogens is 1. The van der Waals surface area contributed by atoms with E-state index in [1.54, 1.807) is 18.2 Å². The first kappa shape index (κ1) is 15.3. The van der Waals surface area contributed by atoms with Crippen molar-refractivity contribution in [1.82, 2.24) is 0 Å². The molecule has 0 heterocycles. The third kappa shape index (κ3) is 3.34. The molecule has 2 N–H and O–H groups in total. The lowest BCUT2D eigenvalue weighted by atomic mass is 9.77. The number of carboxylic acids is 2. The number of allylic oxidation sites excluding steroid dienone is 2. The number of benzene rings is 1. The van der Waals surface area contributed by atoms with E-state index >= 15 is 0 Å². The highest BCUT2D eigenvalue weighted by atomic mass is 35.5. The maximum absolute atomic E-state index is 11.4. The number of aliphatic carboxylic acids is 2. The molecule has 0 aliphatic heterocycles. The van der Waals surface area contributed by atoms with Crippen molar-refractivity contribution in [1.29, 1.82) is 0 Å². The maximum atomic E-state index is 11.4. The Kier molecular flexibility index (Phi) is 4.19. The van der Waals surface area contributed by atoms with Gasteiger partial charge < -0.3 is 10.2 Å². The van der Waals surface area contributed by atoms with Gasteiger partial charge in [0.25, 0.3) is 0 Å². The fourth-order valence-corrected chi connectivity index (χ4v) is 2.61. The Bertz CT molecular complexity index is 660. The van der Waals surface area contributed by atoms with Gasteiger partial charge in [0.15, 0.2) is 0 Å². The van der Waals surface area contributed by atoms with E-state index in [1.165, 1.54) is 13.0 Å². The summed E-state index contributed by atoms with van der Waals surface area (Å²) in [5.41, 5.74) is 0.376. The molecule has 1 aliphatic carbocycles. The second-order valence-electron chi connectivity index (χ2n) is 5.36. The first-order chi connectivity index (χ1) is 9.82. The van der Waals surface area contributed by atoms with Crippen molar-refractivity contribution in [3.63, 3.8) is 0 Å². The largest absolute Gasteiger partial charge is 0.481 e. The van der Waals surface area contributed by atoms with Gasteiger partial charge in [-0.05, 0) is 43.0 Å². The van der Waals surface area contributed by atoms with Gasteiger partial charge in [-0.2, -0.15) is 0 Å². The van der Waals surface area contributed by atoms with Gasteiger partial charge >= 0.3 is 11.9 Å². The molecule has 1 unspecified atom stereocenters. The van der Waals surface area contributed by atoms with Gasteiger partial charge in [0.1, 0.15) is 0 Å². The first-order valence-corrected chi connectivity index (χ1v) is 6.82. The minimum atomic E-state index is -1.21. The van der Waals surface area contributed by atoms with Crippen LogP contribution < -0.4 is 0 Å². The third-order valence-electron chi connectivity index (χ3n) is 3.54. The van der Waals surface area contributed by atoms with Crippen LogP contribution in [0.4, 0.5) is 0 Å². The maximum Gasteiger partial charge on any atom is 0.331 e. The van der Waals surface area contributed by atoms with E-state index in [-0.39, 0.29) is 12.0 Å². The highest BCUT2D eigenvalue weighted by Gasteiger charge is 2.36. The molecule has 110 valence electrons. The zero-order valence-corrected chi connectivity index (χ0v) is 12.2. The van der Waals surface area contributed by atoms with Crippen LogP contribution in [0.5, 0.6) is 0 Å². The summed E-state index contributed by atoms with van der Waals surface area (Å²) in [7, 11) is 0. The van der Waals surface area contributed by atoms with Crippen molar-refractivity contribution >= 4 is 23.5 Å². The lowest BCUT2D eigenvalue weighted by Gasteiger charge is -2.26. The number of carbonyl (C=O) groups is 2. The second-order valence-corrected chi connectivity index (χ2v) is 5.77. The van der Waals surface area contributed by atoms with Crippen LogP contribution in [0.3, 0.4) is 0 Å². The molecule has 0 fully saturated rings.